The molecule has 4 heterocycles. The van der Waals surface area contributed by atoms with Gasteiger partial charge < -0.3 is 39.2 Å². The van der Waals surface area contributed by atoms with Crippen LogP contribution in [0.15, 0.2) is 47.9 Å². The van der Waals surface area contributed by atoms with E-state index >= 15 is 0 Å². The minimum absolute atomic E-state index is 0.0205. The van der Waals surface area contributed by atoms with Crippen LogP contribution in [0.4, 0.5) is 0 Å². The fraction of sp³-hybridized carbons (Fsp3) is 0.472. The Balaban J connectivity index is 1.61. The van der Waals surface area contributed by atoms with Crippen molar-refractivity contribution in [2.75, 3.05) is 7.11 Å². The van der Waals surface area contributed by atoms with Crippen molar-refractivity contribution in [1.82, 2.24) is 5.32 Å². The monoisotopic (exact) mass is 679 g/mol. The van der Waals surface area contributed by atoms with Crippen LogP contribution < -0.4 is 10.1 Å². The SMILES string of the molecule is CO[C@H]1/C=C/O[C@@]2(C)Oc3c(C)c(O)c4c(c3C2=O)C(=O)C=C(NC(=O)/C(C)=C\C=C\[C@H](C)[C@@H]2O[C@H]([C@H](O)[C@@H]2C)[C@H](OC(C)=O)[C@@H]1C)C4=O. The molecule has 1 saturated heterocycles. The molecular weight excluding hydrogens is 638 g/mol. The van der Waals surface area contributed by atoms with E-state index in [1.807, 2.05) is 13.8 Å². The van der Waals surface area contributed by atoms with Crippen LogP contribution in [0, 0.1) is 24.7 Å². The number of hydrogen-bond donors (Lipinski definition) is 3. The zero-order valence-electron chi connectivity index (χ0n) is 28.6. The van der Waals surface area contributed by atoms with Gasteiger partial charge >= 0.3 is 11.8 Å². The number of Topliss-reactive ketones (excluding diaryl/α,β-unsaturated/α-hetero) is 2. The van der Waals surface area contributed by atoms with Gasteiger partial charge in [-0.25, -0.2) is 0 Å². The predicted molar refractivity (Wildman–Crippen MR) is 173 cm³/mol. The van der Waals surface area contributed by atoms with Crippen LogP contribution in [0.5, 0.6) is 11.5 Å². The van der Waals surface area contributed by atoms with Gasteiger partial charge in [0.1, 0.15) is 23.7 Å². The van der Waals surface area contributed by atoms with Gasteiger partial charge in [0.25, 0.3) is 11.7 Å². The minimum Gasteiger partial charge on any atom is -0.507 e. The molecule has 0 spiro atoms. The van der Waals surface area contributed by atoms with E-state index < -0.39 is 82.8 Å². The van der Waals surface area contributed by atoms with Crippen LogP contribution in [0.1, 0.15) is 78.2 Å². The summed E-state index contributed by atoms with van der Waals surface area (Å²) in [6, 6.07) is 0. The van der Waals surface area contributed by atoms with Crippen molar-refractivity contribution < 1.29 is 57.9 Å². The Hall–Kier alpha value is -4.59. The lowest BCUT2D eigenvalue weighted by Gasteiger charge is -2.33. The van der Waals surface area contributed by atoms with Gasteiger partial charge in [-0.15, -0.1) is 0 Å². The Labute approximate surface area is 283 Å². The van der Waals surface area contributed by atoms with Gasteiger partial charge in [-0.05, 0) is 19.9 Å². The number of methoxy groups -OCH3 is 1. The molecule has 0 saturated carbocycles. The summed E-state index contributed by atoms with van der Waals surface area (Å²) in [6.45, 7) is 11.0. The van der Waals surface area contributed by atoms with Gasteiger partial charge in [0.15, 0.2) is 5.78 Å². The van der Waals surface area contributed by atoms with E-state index in [0.717, 1.165) is 6.08 Å². The standard InChI is InChI=1S/C36H41NO12/c1-15-10-9-11-16(2)35(44)37-21-14-22(39)24-25(29(21)42)27(40)18(4)31-26(24)34(43)36(7,49-31)46-13-12-23(45-8)17(3)32(47-20(6)38)33-28(41)19(5)30(15)48-33/h9-15,17,19,23,28,30,32-33,40-41H,1-8H3,(H,37,44)/b10-9+,13-12+,16-11-/t15-,17+,19-,23-,28+,30-,32+,33+,36-/m0/s1. The molecule has 0 unspecified atom stereocenters. The second kappa shape index (κ2) is 13.4. The number of hydrogen-bond acceptors (Lipinski definition) is 12. The largest absolute Gasteiger partial charge is 0.507 e. The molecule has 0 radical (unpaired) electrons. The third-order valence-electron chi connectivity index (χ3n) is 9.68. The number of aromatic hydroxyl groups is 1. The molecule has 1 aliphatic carbocycles. The van der Waals surface area contributed by atoms with Crippen molar-refractivity contribution in [3.63, 3.8) is 0 Å². The summed E-state index contributed by atoms with van der Waals surface area (Å²) in [5.41, 5.74) is -1.19. The lowest BCUT2D eigenvalue weighted by molar-refractivity contribution is -0.168. The molecule has 7 bridgehead atoms. The number of ketones is 3. The third kappa shape index (κ3) is 6.22. The summed E-state index contributed by atoms with van der Waals surface area (Å²) in [5.74, 6) is -7.65. The molecule has 9 atom stereocenters. The van der Waals surface area contributed by atoms with Crippen molar-refractivity contribution in [2.24, 2.45) is 17.8 Å². The molecular formula is C36H41NO12. The third-order valence-corrected chi connectivity index (χ3v) is 9.68. The van der Waals surface area contributed by atoms with E-state index in [1.165, 1.54) is 53.2 Å². The van der Waals surface area contributed by atoms with Crippen LogP contribution >= 0.6 is 0 Å². The first kappa shape index (κ1) is 35.7. The number of rotatable bonds is 2. The highest BCUT2D eigenvalue weighted by Crippen LogP contribution is 2.48. The number of carbonyl (C=O) groups is 5. The summed E-state index contributed by atoms with van der Waals surface area (Å²) < 4.78 is 29.5. The molecule has 0 aromatic heterocycles. The number of amides is 1. The van der Waals surface area contributed by atoms with Crippen LogP contribution in [0.2, 0.25) is 0 Å². The Kier molecular flexibility index (Phi) is 9.75. The number of aliphatic hydroxyl groups is 1. The van der Waals surface area contributed by atoms with Gasteiger partial charge in [-0.1, -0.05) is 39.0 Å². The second-order valence-electron chi connectivity index (χ2n) is 13.1. The summed E-state index contributed by atoms with van der Waals surface area (Å²) in [4.78, 5) is 66.3. The fourth-order valence-electron chi connectivity index (χ4n) is 6.80. The molecule has 4 aliphatic heterocycles. The minimum atomic E-state index is -2.02. The first-order valence-corrected chi connectivity index (χ1v) is 16.0. The number of aliphatic hydroxyl groups excluding tert-OH is 1. The highest BCUT2D eigenvalue weighted by Gasteiger charge is 2.52. The van der Waals surface area contributed by atoms with Crippen molar-refractivity contribution in [2.45, 2.75) is 84.8 Å². The van der Waals surface area contributed by atoms with Crippen LogP contribution in [0.3, 0.4) is 0 Å². The predicted octanol–water partition coefficient (Wildman–Crippen LogP) is 3.40. The normalized spacial score (nSPS) is 35.5. The molecule has 5 aliphatic rings. The summed E-state index contributed by atoms with van der Waals surface area (Å²) in [6.07, 6.45) is 4.38. The Morgan fingerprint density at radius 1 is 1.00 bits per heavy atom. The molecule has 1 amide bonds. The molecule has 13 nitrogen and oxygen atoms in total. The number of phenols is 1. The molecule has 3 N–H and O–H groups in total. The Morgan fingerprint density at radius 2 is 1.69 bits per heavy atom. The zero-order chi connectivity index (χ0) is 36.1. The number of carbonyl (C=O) groups excluding carboxylic acids is 5. The second-order valence-corrected chi connectivity index (χ2v) is 13.1. The van der Waals surface area contributed by atoms with Gasteiger partial charge in [0.2, 0.25) is 5.78 Å². The maximum absolute atomic E-state index is 13.9. The summed E-state index contributed by atoms with van der Waals surface area (Å²) >= 11 is 0. The number of phenolic OH excluding ortho intramolecular Hbond substituents is 1. The van der Waals surface area contributed by atoms with Crippen LogP contribution in [-0.4, -0.2) is 82.9 Å². The van der Waals surface area contributed by atoms with Crippen molar-refractivity contribution in [1.29, 1.82) is 0 Å². The number of fused-ring (bicyclic) bond motifs is 9. The first-order chi connectivity index (χ1) is 23.0. The highest BCUT2D eigenvalue weighted by atomic mass is 16.7. The molecule has 13 heteroatoms. The van der Waals surface area contributed by atoms with Gasteiger partial charge in [0, 0.05) is 55.9 Å². The average Bonchev–Trinajstić information content (AvgIpc) is 3.49. The smallest absolute Gasteiger partial charge is 0.312 e. The molecule has 1 fully saturated rings. The molecule has 262 valence electrons. The first-order valence-electron chi connectivity index (χ1n) is 16.0. The zero-order valence-corrected chi connectivity index (χ0v) is 28.6. The maximum Gasteiger partial charge on any atom is 0.312 e. The number of nitrogens with one attached hydrogen (secondary N) is 1. The van der Waals surface area contributed by atoms with E-state index in [9.17, 15) is 34.2 Å². The number of ether oxygens (including phenoxy) is 5. The topological polar surface area (TPSA) is 184 Å². The summed E-state index contributed by atoms with van der Waals surface area (Å²) in [7, 11) is 1.43. The maximum atomic E-state index is 13.9. The highest BCUT2D eigenvalue weighted by molar-refractivity contribution is 6.30. The van der Waals surface area contributed by atoms with Gasteiger partial charge in [0.05, 0.1) is 47.0 Å². The molecule has 6 rings (SSSR count). The van der Waals surface area contributed by atoms with E-state index in [-0.39, 0.29) is 45.5 Å². The molecule has 1 aromatic carbocycles. The lowest BCUT2D eigenvalue weighted by Crippen LogP contribution is -2.46. The fourth-order valence-corrected chi connectivity index (χ4v) is 6.80. The van der Waals surface area contributed by atoms with Gasteiger partial charge in [-0.3, -0.25) is 24.0 Å². The Bertz CT molecular complexity index is 1740. The quantitative estimate of drug-likeness (QED) is 0.388. The van der Waals surface area contributed by atoms with E-state index in [2.05, 4.69) is 5.32 Å². The molecule has 1 aromatic rings. The number of benzene rings is 1. The lowest BCUT2D eigenvalue weighted by atomic mass is 9.84. The van der Waals surface area contributed by atoms with Crippen LogP contribution in [0.25, 0.3) is 0 Å². The Morgan fingerprint density at radius 3 is 2.35 bits per heavy atom. The van der Waals surface area contributed by atoms with E-state index in [4.69, 9.17) is 23.7 Å². The summed E-state index contributed by atoms with van der Waals surface area (Å²) in [5, 5.41) is 24.8. The van der Waals surface area contributed by atoms with Crippen molar-refractivity contribution >= 4 is 29.2 Å². The van der Waals surface area contributed by atoms with E-state index in [0.29, 0.717) is 0 Å². The van der Waals surface area contributed by atoms with E-state index in [1.54, 1.807) is 19.1 Å². The van der Waals surface area contributed by atoms with Crippen molar-refractivity contribution in [3.05, 3.63) is 70.2 Å². The van der Waals surface area contributed by atoms with Crippen LogP contribution in [-0.2, 0) is 28.5 Å². The number of allylic oxidation sites excluding steroid dienone is 4. The molecule has 49 heavy (non-hydrogen) atoms. The number of esters is 1. The van der Waals surface area contributed by atoms with Crippen molar-refractivity contribution in [3.8, 4) is 11.5 Å². The van der Waals surface area contributed by atoms with Gasteiger partial charge in [-0.2, -0.15) is 0 Å². The average molecular weight is 680 g/mol.